The topological polar surface area (TPSA) is 24.5 Å². The number of rotatable bonds is 14. The highest BCUT2D eigenvalue weighted by Crippen LogP contribution is 2.23. The van der Waals surface area contributed by atoms with Gasteiger partial charge >= 0.3 is 0 Å². The first-order valence-corrected chi connectivity index (χ1v) is 11.1. The molecule has 0 aliphatic carbocycles. The van der Waals surface area contributed by atoms with Crippen LogP contribution in [0.3, 0.4) is 0 Å². The maximum atomic E-state index is 6.09. The van der Waals surface area contributed by atoms with E-state index in [1.807, 2.05) is 7.05 Å². The highest BCUT2D eigenvalue weighted by Gasteiger charge is 2.20. The maximum absolute atomic E-state index is 6.09. The zero-order valence-electron chi connectivity index (χ0n) is 17.9. The number of hydrogen-bond donors (Lipinski definition) is 1. The number of likely N-dealkylation sites (tertiary alicyclic amines) is 1. The lowest BCUT2D eigenvalue weighted by Gasteiger charge is -2.34. The molecule has 0 aromatic carbocycles. The second kappa shape index (κ2) is 14.0. The first-order valence-electron chi connectivity index (χ1n) is 11.1. The van der Waals surface area contributed by atoms with Crippen molar-refractivity contribution < 1.29 is 4.74 Å². The molecule has 0 radical (unpaired) electrons. The molecule has 0 spiro atoms. The van der Waals surface area contributed by atoms with Gasteiger partial charge in [-0.25, -0.2) is 0 Å². The van der Waals surface area contributed by atoms with Crippen molar-refractivity contribution in [3.8, 4) is 0 Å². The zero-order chi connectivity index (χ0) is 18.5. The summed E-state index contributed by atoms with van der Waals surface area (Å²) in [5.74, 6) is 1.71. The third kappa shape index (κ3) is 10.6. The van der Waals surface area contributed by atoms with Gasteiger partial charge in [-0.15, -0.1) is 0 Å². The van der Waals surface area contributed by atoms with Crippen molar-refractivity contribution in [1.82, 2.24) is 10.2 Å². The van der Waals surface area contributed by atoms with Gasteiger partial charge in [0.25, 0.3) is 0 Å². The van der Waals surface area contributed by atoms with Gasteiger partial charge < -0.3 is 9.64 Å². The molecule has 1 fully saturated rings. The standard InChI is InChI=1S/C22H46N2O/c1-6-7-8-11-20(4)18-22(23-5)25-17-10-9-12-21-13-15-24(16-14-21)19(2)3/h19-23H,6-18H2,1-5H3. The lowest BCUT2D eigenvalue weighted by atomic mass is 9.91. The SMILES string of the molecule is CCCCCC(C)CC(NC)OCCCCC1CCN(C(C)C)CC1. The summed E-state index contributed by atoms with van der Waals surface area (Å²) in [7, 11) is 2.03. The predicted molar refractivity (Wildman–Crippen MR) is 110 cm³/mol. The van der Waals surface area contributed by atoms with Gasteiger partial charge in [0.05, 0.1) is 0 Å². The number of ether oxygens (including phenoxy) is 1. The van der Waals surface area contributed by atoms with Crippen molar-refractivity contribution >= 4 is 0 Å². The van der Waals surface area contributed by atoms with Crippen molar-refractivity contribution in [2.45, 2.75) is 104 Å². The lowest BCUT2D eigenvalue weighted by molar-refractivity contribution is 0.0161. The van der Waals surface area contributed by atoms with E-state index in [1.165, 1.54) is 70.9 Å². The third-order valence-corrected chi connectivity index (χ3v) is 5.94. The summed E-state index contributed by atoms with van der Waals surface area (Å²) in [6.07, 6.45) is 13.5. The Morgan fingerprint density at radius 1 is 1.04 bits per heavy atom. The van der Waals surface area contributed by atoms with E-state index in [9.17, 15) is 0 Å². The van der Waals surface area contributed by atoms with Crippen LogP contribution >= 0.6 is 0 Å². The van der Waals surface area contributed by atoms with Gasteiger partial charge in [0.1, 0.15) is 6.23 Å². The molecule has 2 atom stereocenters. The quantitative estimate of drug-likeness (QED) is 0.332. The Hall–Kier alpha value is -0.120. The number of unbranched alkanes of at least 4 members (excludes halogenated alkanes) is 3. The van der Waals surface area contributed by atoms with Gasteiger partial charge in [-0.05, 0) is 71.5 Å². The first-order chi connectivity index (χ1) is 12.1. The van der Waals surface area contributed by atoms with Crippen molar-refractivity contribution in [3.05, 3.63) is 0 Å². The van der Waals surface area contributed by atoms with E-state index in [0.717, 1.165) is 30.9 Å². The number of piperidine rings is 1. The molecule has 3 nitrogen and oxygen atoms in total. The molecule has 2 unspecified atom stereocenters. The Morgan fingerprint density at radius 2 is 1.76 bits per heavy atom. The van der Waals surface area contributed by atoms with Gasteiger partial charge in [-0.1, -0.05) is 52.4 Å². The van der Waals surface area contributed by atoms with Crippen molar-refractivity contribution in [2.24, 2.45) is 11.8 Å². The Morgan fingerprint density at radius 3 is 2.36 bits per heavy atom. The molecule has 0 amide bonds. The second-order valence-corrected chi connectivity index (χ2v) is 8.55. The maximum Gasteiger partial charge on any atom is 0.108 e. The van der Waals surface area contributed by atoms with E-state index in [2.05, 4.69) is 37.9 Å². The molecule has 1 aliphatic heterocycles. The predicted octanol–water partition coefficient (Wildman–Crippen LogP) is 5.45. The summed E-state index contributed by atoms with van der Waals surface area (Å²) in [6.45, 7) is 12.8. The molecule has 1 heterocycles. The van der Waals surface area contributed by atoms with Crippen LogP contribution in [0.25, 0.3) is 0 Å². The average molecular weight is 355 g/mol. The second-order valence-electron chi connectivity index (χ2n) is 8.55. The summed E-state index contributed by atoms with van der Waals surface area (Å²) < 4.78 is 6.09. The smallest absolute Gasteiger partial charge is 0.108 e. The minimum atomic E-state index is 0.242. The highest BCUT2D eigenvalue weighted by atomic mass is 16.5. The molecule has 150 valence electrons. The van der Waals surface area contributed by atoms with E-state index >= 15 is 0 Å². The lowest BCUT2D eigenvalue weighted by Crippen LogP contribution is -2.38. The van der Waals surface area contributed by atoms with Crippen LogP contribution in [0.1, 0.15) is 91.9 Å². The van der Waals surface area contributed by atoms with Crippen LogP contribution in [0.2, 0.25) is 0 Å². The van der Waals surface area contributed by atoms with E-state index in [4.69, 9.17) is 4.74 Å². The van der Waals surface area contributed by atoms with Crippen LogP contribution in [-0.4, -0.2) is 43.9 Å². The van der Waals surface area contributed by atoms with Gasteiger partial charge in [-0.2, -0.15) is 0 Å². The average Bonchev–Trinajstić information content (AvgIpc) is 2.61. The summed E-state index contributed by atoms with van der Waals surface area (Å²) in [4.78, 5) is 2.62. The molecule has 0 aromatic heterocycles. The summed E-state index contributed by atoms with van der Waals surface area (Å²) in [5, 5.41) is 3.35. The van der Waals surface area contributed by atoms with Crippen LogP contribution in [0, 0.1) is 11.8 Å². The monoisotopic (exact) mass is 354 g/mol. The zero-order valence-corrected chi connectivity index (χ0v) is 17.9. The van der Waals surface area contributed by atoms with E-state index < -0.39 is 0 Å². The van der Waals surface area contributed by atoms with Crippen LogP contribution in [-0.2, 0) is 4.74 Å². The Balaban J connectivity index is 2.03. The van der Waals surface area contributed by atoms with Gasteiger partial charge in [0.15, 0.2) is 0 Å². The molecular formula is C22H46N2O. The molecule has 1 aliphatic rings. The molecular weight excluding hydrogens is 308 g/mol. The van der Waals surface area contributed by atoms with Crippen LogP contribution in [0.15, 0.2) is 0 Å². The Kier molecular flexibility index (Phi) is 12.8. The molecule has 1 rings (SSSR count). The molecule has 0 aromatic rings. The van der Waals surface area contributed by atoms with Gasteiger partial charge in [0, 0.05) is 12.6 Å². The van der Waals surface area contributed by atoms with Crippen LogP contribution < -0.4 is 5.32 Å². The summed E-state index contributed by atoms with van der Waals surface area (Å²) >= 11 is 0. The molecule has 0 bridgehead atoms. The Labute approximate surface area is 158 Å². The normalized spacial score (nSPS) is 19.4. The molecule has 0 saturated carbocycles. The van der Waals surface area contributed by atoms with Crippen LogP contribution in [0.4, 0.5) is 0 Å². The van der Waals surface area contributed by atoms with Crippen molar-refractivity contribution in [3.63, 3.8) is 0 Å². The summed E-state index contributed by atoms with van der Waals surface area (Å²) in [5.41, 5.74) is 0. The van der Waals surface area contributed by atoms with Crippen LogP contribution in [0.5, 0.6) is 0 Å². The fraction of sp³-hybridized carbons (Fsp3) is 1.00. The fourth-order valence-electron chi connectivity index (χ4n) is 4.01. The van der Waals surface area contributed by atoms with E-state index in [-0.39, 0.29) is 6.23 Å². The minimum Gasteiger partial charge on any atom is -0.363 e. The fourth-order valence-corrected chi connectivity index (χ4v) is 4.01. The molecule has 1 saturated heterocycles. The van der Waals surface area contributed by atoms with E-state index in [1.54, 1.807) is 0 Å². The van der Waals surface area contributed by atoms with Crippen molar-refractivity contribution in [2.75, 3.05) is 26.7 Å². The first kappa shape index (κ1) is 22.9. The third-order valence-electron chi connectivity index (χ3n) is 5.94. The number of hydrogen-bond acceptors (Lipinski definition) is 3. The molecule has 3 heteroatoms. The minimum absolute atomic E-state index is 0.242. The molecule has 25 heavy (non-hydrogen) atoms. The Bertz CT molecular complexity index is 300. The molecule has 1 N–H and O–H groups in total. The number of nitrogens with zero attached hydrogens (tertiary/aromatic N) is 1. The largest absolute Gasteiger partial charge is 0.363 e. The van der Waals surface area contributed by atoms with E-state index in [0.29, 0.717) is 0 Å². The summed E-state index contributed by atoms with van der Waals surface area (Å²) in [6, 6.07) is 0.720. The van der Waals surface area contributed by atoms with Gasteiger partial charge in [-0.3, -0.25) is 5.32 Å². The highest BCUT2D eigenvalue weighted by molar-refractivity contribution is 4.74. The number of nitrogens with one attached hydrogen (secondary N) is 1. The van der Waals surface area contributed by atoms with Crippen molar-refractivity contribution in [1.29, 1.82) is 0 Å². The van der Waals surface area contributed by atoms with Gasteiger partial charge in [0.2, 0.25) is 0 Å².